The molecule has 0 radical (unpaired) electrons. The fourth-order valence-electron chi connectivity index (χ4n) is 1.78. The summed E-state index contributed by atoms with van der Waals surface area (Å²) < 4.78 is 5.73. The summed E-state index contributed by atoms with van der Waals surface area (Å²) in [4.78, 5) is 8.16. The summed E-state index contributed by atoms with van der Waals surface area (Å²) in [6.07, 6.45) is 4.17. The molecule has 19 heavy (non-hydrogen) atoms. The molecule has 0 bridgehead atoms. The quantitative estimate of drug-likeness (QED) is 0.894. The van der Waals surface area contributed by atoms with Crippen LogP contribution >= 0.6 is 0 Å². The van der Waals surface area contributed by atoms with Crippen molar-refractivity contribution < 1.29 is 9.84 Å². The Morgan fingerprint density at radius 1 is 1.21 bits per heavy atom. The first-order valence-corrected chi connectivity index (χ1v) is 6.43. The lowest BCUT2D eigenvalue weighted by atomic mass is 9.98. The molecule has 0 saturated carbocycles. The highest BCUT2D eigenvalue weighted by molar-refractivity contribution is 5.37. The molecule has 1 unspecified atom stereocenters. The van der Waals surface area contributed by atoms with Crippen molar-refractivity contribution in [2.45, 2.75) is 32.8 Å². The van der Waals surface area contributed by atoms with Gasteiger partial charge >= 0.3 is 6.01 Å². The molecular formula is C15H18N2O2. The third-order valence-electron chi connectivity index (χ3n) is 3.13. The second-order valence-electron chi connectivity index (χ2n) is 4.48. The number of para-hydroxylation sites is 1. The molecule has 0 fully saturated rings. The van der Waals surface area contributed by atoms with Gasteiger partial charge < -0.3 is 9.84 Å². The Balaban J connectivity index is 2.22. The smallest absolute Gasteiger partial charge is 0.321 e. The Morgan fingerprint density at radius 3 is 2.53 bits per heavy atom. The number of benzene rings is 1. The van der Waals surface area contributed by atoms with Gasteiger partial charge in [0.2, 0.25) is 0 Å². The van der Waals surface area contributed by atoms with E-state index in [4.69, 9.17) is 9.84 Å². The van der Waals surface area contributed by atoms with Crippen molar-refractivity contribution in [3.63, 3.8) is 0 Å². The number of aromatic nitrogens is 2. The lowest BCUT2D eigenvalue weighted by molar-refractivity contribution is 0.280. The summed E-state index contributed by atoms with van der Waals surface area (Å²) in [6, 6.07) is 8.22. The SMILES string of the molecule is CCC(C)c1ccccc1Oc1ncc(CO)cn1. The zero-order chi connectivity index (χ0) is 13.7. The van der Waals surface area contributed by atoms with Gasteiger partial charge in [0.25, 0.3) is 0 Å². The molecule has 4 nitrogen and oxygen atoms in total. The molecule has 100 valence electrons. The number of ether oxygens (including phenoxy) is 1. The third kappa shape index (κ3) is 3.29. The Hall–Kier alpha value is -1.94. The second kappa shape index (κ2) is 6.29. The Labute approximate surface area is 113 Å². The Kier molecular flexibility index (Phi) is 4.47. The Bertz CT molecular complexity index is 526. The van der Waals surface area contributed by atoms with Gasteiger partial charge in [0.15, 0.2) is 0 Å². The van der Waals surface area contributed by atoms with E-state index in [1.807, 2.05) is 18.2 Å². The molecule has 0 amide bonds. The van der Waals surface area contributed by atoms with Crippen LogP contribution in [0, 0.1) is 0 Å². The van der Waals surface area contributed by atoms with E-state index in [2.05, 4.69) is 29.9 Å². The van der Waals surface area contributed by atoms with E-state index in [0.29, 0.717) is 17.5 Å². The molecule has 1 aromatic heterocycles. The van der Waals surface area contributed by atoms with Crippen molar-refractivity contribution in [3.05, 3.63) is 47.8 Å². The number of aliphatic hydroxyl groups excluding tert-OH is 1. The van der Waals surface area contributed by atoms with E-state index >= 15 is 0 Å². The summed E-state index contributed by atoms with van der Waals surface area (Å²) in [5, 5.41) is 8.95. The molecule has 1 aromatic carbocycles. The van der Waals surface area contributed by atoms with Gasteiger partial charge in [-0.2, -0.15) is 0 Å². The molecule has 1 atom stereocenters. The molecule has 0 aliphatic heterocycles. The summed E-state index contributed by atoms with van der Waals surface area (Å²) in [5.41, 5.74) is 1.82. The zero-order valence-electron chi connectivity index (χ0n) is 11.2. The average Bonchev–Trinajstić information content (AvgIpc) is 2.48. The van der Waals surface area contributed by atoms with Gasteiger partial charge in [0.05, 0.1) is 6.61 Å². The van der Waals surface area contributed by atoms with Gasteiger partial charge in [-0.15, -0.1) is 0 Å². The van der Waals surface area contributed by atoms with Crippen LogP contribution in [0.25, 0.3) is 0 Å². The highest BCUT2D eigenvalue weighted by Crippen LogP contribution is 2.30. The van der Waals surface area contributed by atoms with E-state index in [-0.39, 0.29) is 6.61 Å². The van der Waals surface area contributed by atoms with Crippen molar-refractivity contribution in [2.24, 2.45) is 0 Å². The molecular weight excluding hydrogens is 240 g/mol. The molecule has 2 aromatic rings. The largest absolute Gasteiger partial charge is 0.424 e. The number of aliphatic hydroxyl groups is 1. The van der Waals surface area contributed by atoms with E-state index in [9.17, 15) is 0 Å². The van der Waals surface area contributed by atoms with Crippen LogP contribution in [0.15, 0.2) is 36.7 Å². The lowest BCUT2D eigenvalue weighted by Gasteiger charge is -2.14. The van der Waals surface area contributed by atoms with Gasteiger partial charge in [-0.3, -0.25) is 0 Å². The maximum Gasteiger partial charge on any atom is 0.321 e. The Morgan fingerprint density at radius 2 is 1.89 bits per heavy atom. The van der Waals surface area contributed by atoms with Crippen LogP contribution in [0.5, 0.6) is 11.8 Å². The van der Waals surface area contributed by atoms with Gasteiger partial charge in [-0.1, -0.05) is 32.0 Å². The first-order chi connectivity index (χ1) is 9.24. The maximum atomic E-state index is 8.95. The number of hydrogen-bond donors (Lipinski definition) is 1. The van der Waals surface area contributed by atoms with Crippen LogP contribution in [0.2, 0.25) is 0 Å². The van der Waals surface area contributed by atoms with Gasteiger partial charge in [-0.05, 0) is 24.0 Å². The summed E-state index contributed by atoms with van der Waals surface area (Å²) >= 11 is 0. The predicted molar refractivity (Wildman–Crippen MR) is 73.2 cm³/mol. The first kappa shape index (κ1) is 13.5. The molecule has 1 heterocycles. The molecule has 0 spiro atoms. The molecule has 2 rings (SSSR count). The molecule has 0 aliphatic carbocycles. The topological polar surface area (TPSA) is 55.2 Å². The minimum atomic E-state index is -0.0657. The summed E-state index contributed by atoms with van der Waals surface area (Å²) in [6.45, 7) is 4.25. The van der Waals surface area contributed by atoms with Crippen molar-refractivity contribution in [1.29, 1.82) is 0 Å². The van der Waals surface area contributed by atoms with Crippen molar-refractivity contribution in [1.82, 2.24) is 9.97 Å². The van der Waals surface area contributed by atoms with E-state index < -0.39 is 0 Å². The zero-order valence-corrected chi connectivity index (χ0v) is 11.2. The fourth-order valence-corrected chi connectivity index (χ4v) is 1.78. The van der Waals surface area contributed by atoms with Crippen molar-refractivity contribution >= 4 is 0 Å². The normalized spacial score (nSPS) is 12.2. The van der Waals surface area contributed by atoms with Crippen LogP contribution < -0.4 is 4.74 Å². The summed E-state index contributed by atoms with van der Waals surface area (Å²) in [5.74, 6) is 1.21. The van der Waals surface area contributed by atoms with Crippen LogP contribution in [0.4, 0.5) is 0 Å². The molecule has 4 heteroatoms. The van der Waals surface area contributed by atoms with Crippen LogP contribution in [0.3, 0.4) is 0 Å². The highest BCUT2D eigenvalue weighted by Gasteiger charge is 2.11. The number of rotatable bonds is 5. The first-order valence-electron chi connectivity index (χ1n) is 6.43. The van der Waals surface area contributed by atoms with E-state index in [1.54, 1.807) is 12.4 Å². The van der Waals surface area contributed by atoms with Crippen molar-refractivity contribution in [3.8, 4) is 11.8 Å². The number of hydrogen-bond acceptors (Lipinski definition) is 4. The van der Waals surface area contributed by atoms with Crippen LogP contribution in [-0.2, 0) is 6.61 Å². The molecule has 0 saturated heterocycles. The van der Waals surface area contributed by atoms with Gasteiger partial charge in [0.1, 0.15) is 5.75 Å². The minimum absolute atomic E-state index is 0.0657. The molecule has 0 aliphatic rings. The second-order valence-corrected chi connectivity index (χ2v) is 4.48. The third-order valence-corrected chi connectivity index (χ3v) is 3.13. The molecule has 1 N–H and O–H groups in total. The standard InChI is InChI=1S/C15H18N2O2/c1-3-11(2)13-6-4-5-7-14(13)19-15-16-8-12(10-18)9-17-15/h4-9,11,18H,3,10H2,1-2H3. The highest BCUT2D eigenvalue weighted by atomic mass is 16.5. The lowest BCUT2D eigenvalue weighted by Crippen LogP contribution is -1.99. The minimum Gasteiger partial charge on any atom is -0.424 e. The monoisotopic (exact) mass is 258 g/mol. The average molecular weight is 258 g/mol. The van der Waals surface area contributed by atoms with Gasteiger partial charge in [-0.25, -0.2) is 9.97 Å². The number of nitrogens with zero attached hydrogens (tertiary/aromatic N) is 2. The van der Waals surface area contributed by atoms with Gasteiger partial charge in [0, 0.05) is 18.0 Å². The van der Waals surface area contributed by atoms with Crippen LogP contribution in [-0.4, -0.2) is 15.1 Å². The van der Waals surface area contributed by atoms with E-state index in [1.165, 1.54) is 0 Å². The van der Waals surface area contributed by atoms with E-state index in [0.717, 1.165) is 17.7 Å². The predicted octanol–water partition coefficient (Wildman–Crippen LogP) is 3.27. The maximum absolute atomic E-state index is 8.95. The summed E-state index contributed by atoms with van der Waals surface area (Å²) in [7, 11) is 0. The van der Waals surface area contributed by atoms with Crippen molar-refractivity contribution in [2.75, 3.05) is 0 Å². The van der Waals surface area contributed by atoms with Crippen LogP contribution in [0.1, 0.15) is 37.3 Å². The fraction of sp³-hybridized carbons (Fsp3) is 0.333.